The molecule has 0 radical (unpaired) electrons. The van der Waals surface area contributed by atoms with Gasteiger partial charge in [-0.1, -0.05) is 41.9 Å². The SMILES string of the molecule is Cc1nnc(N2CCC[C@@H](C(=O)NCCc3ccccc3)C2)c2nn(-c3ccc(Cl)cc3)c(C)c12. The number of amides is 1. The number of fused-ring (bicyclic) bond motifs is 1. The van der Waals surface area contributed by atoms with Crippen molar-refractivity contribution < 1.29 is 4.79 Å². The highest BCUT2D eigenvalue weighted by Gasteiger charge is 2.29. The minimum absolute atomic E-state index is 0.0860. The van der Waals surface area contributed by atoms with Gasteiger partial charge in [0, 0.05) is 24.7 Å². The fourth-order valence-electron chi connectivity index (χ4n) is 4.86. The van der Waals surface area contributed by atoms with Crippen molar-refractivity contribution in [3.05, 3.63) is 76.6 Å². The number of halogens is 1. The summed E-state index contributed by atoms with van der Waals surface area (Å²) in [7, 11) is 0. The molecule has 0 spiro atoms. The third kappa shape index (κ3) is 4.86. The van der Waals surface area contributed by atoms with Crippen LogP contribution in [0.4, 0.5) is 5.82 Å². The lowest BCUT2D eigenvalue weighted by atomic mass is 9.97. The van der Waals surface area contributed by atoms with E-state index in [4.69, 9.17) is 16.7 Å². The topological polar surface area (TPSA) is 75.9 Å². The van der Waals surface area contributed by atoms with E-state index in [0.717, 1.165) is 59.6 Å². The molecule has 7 nitrogen and oxygen atoms in total. The maximum Gasteiger partial charge on any atom is 0.224 e. The largest absolute Gasteiger partial charge is 0.355 e. The molecule has 1 amide bonds. The molecule has 0 aliphatic carbocycles. The van der Waals surface area contributed by atoms with E-state index in [1.807, 2.05) is 61.0 Å². The predicted octanol–water partition coefficient (Wildman–Crippen LogP) is 4.66. The van der Waals surface area contributed by atoms with Crippen molar-refractivity contribution in [2.45, 2.75) is 33.1 Å². The van der Waals surface area contributed by atoms with Gasteiger partial charge in [-0.25, -0.2) is 4.68 Å². The third-order valence-electron chi connectivity index (χ3n) is 6.70. The number of benzene rings is 2. The summed E-state index contributed by atoms with van der Waals surface area (Å²) in [5.74, 6) is 0.755. The first-order valence-corrected chi connectivity index (χ1v) is 12.4. The lowest BCUT2D eigenvalue weighted by Crippen LogP contribution is -2.44. The van der Waals surface area contributed by atoms with Gasteiger partial charge in [0.25, 0.3) is 0 Å². The minimum Gasteiger partial charge on any atom is -0.355 e. The summed E-state index contributed by atoms with van der Waals surface area (Å²) in [5, 5.41) is 18.7. The van der Waals surface area contributed by atoms with Crippen LogP contribution in [0.3, 0.4) is 0 Å². The first-order valence-electron chi connectivity index (χ1n) is 12.1. The Hall–Kier alpha value is -3.45. The van der Waals surface area contributed by atoms with Crippen LogP contribution in [0.2, 0.25) is 5.02 Å². The number of hydrogen-bond donors (Lipinski definition) is 1. The highest BCUT2D eigenvalue weighted by Crippen LogP contribution is 2.31. The quantitative estimate of drug-likeness (QED) is 0.427. The first kappa shape index (κ1) is 23.3. The van der Waals surface area contributed by atoms with Crippen molar-refractivity contribution in [1.29, 1.82) is 0 Å². The second-order valence-electron chi connectivity index (χ2n) is 9.12. The third-order valence-corrected chi connectivity index (χ3v) is 6.96. The molecule has 3 heterocycles. The highest BCUT2D eigenvalue weighted by molar-refractivity contribution is 6.30. The number of nitrogens with one attached hydrogen (secondary N) is 1. The van der Waals surface area contributed by atoms with Crippen molar-refractivity contribution in [1.82, 2.24) is 25.3 Å². The molecule has 2 aromatic heterocycles. The number of nitrogens with zero attached hydrogens (tertiary/aromatic N) is 5. The normalized spacial score (nSPS) is 16.0. The number of carbonyl (C=O) groups is 1. The zero-order chi connectivity index (χ0) is 24.4. The van der Waals surface area contributed by atoms with E-state index in [-0.39, 0.29) is 11.8 Å². The maximum absolute atomic E-state index is 12.9. The molecule has 180 valence electrons. The van der Waals surface area contributed by atoms with Crippen LogP contribution in [0.25, 0.3) is 16.6 Å². The molecule has 35 heavy (non-hydrogen) atoms. The molecular formula is C27H29ClN6O. The van der Waals surface area contributed by atoms with E-state index in [0.29, 0.717) is 18.1 Å². The van der Waals surface area contributed by atoms with Crippen LogP contribution in [0.15, 0.2) is 54.6 Å². The van der Waals surface area contributed by atoms with Crippen molar-refractivity contribution >= 4 is 34.2 Å². The number of piperidine rings is 1. The van der Waals surface area contributed by atoms with Crippen LogP contribution in [0.5, 0.6) is 0 Å². The number of aryl methyl sites for hydroxylation is 2. The molecule has 1 fully saturated rings. The molecule has 4 aromatic rings. The number of rotatable bonds is 6. The van der Waals surface area contributed by atoms with Gasteiger partial charge in [-0.3, -0.25) is 4.79 Å². The minimum atomic E-state index is -0.0860. The van der Waals surface area contributed by atoms with Gasteiger partial charge >= 0.3 is 0 Å². The van der Waals surface area contributed by atoms with E-state index >= 15 is 0 Å². The zero-order valence-electron chi connectivity index (χ0n) is 20.0. The van der Waals surface area contributed by atoms with Gasteiger partial charge < -0.3 is 10.2 Å². The number of hydrogen-bond acceptors (Lipinski definition) is 5. The molecule has 8 heteroatoms. The van der Waals surface area contributed by atoms with Gasteiger partial charge in [0.1, 0.15) is 5.52 Å². The summed E-state index contributed by atoms with van der Waals surface area (Å²) < 4.78 is 1.92. The zero-order valence-corrected chi connectivity index (χ0v) is 20.8. The van der Waals surface area contributed by atoms with E-state index in [2.05, 4.69) is 32.5 Å². The lowest BCUT2D eigenvalue weighted by Gasteiger charge is -2.32. The molecule has 1 aliphatic rings. The number of anilines is 1. The second-order valence-corrected chi connectivity index (χ2v) is 9.55. The van der Waals surface area contributed by atoms with Gasteiger partial charge in [-0.2, -0.15) is 10.2 Å². The van der Waals surface area contributed by atoms with Crippen LogP contribution in [0.1, 0.15) is 29.8 Å². The van der Waals surface area contributed by atoms with Crippen molar-refractivity contribution in [2.24, 2.45) is 5.92 Å². The molecule has 2 aromatic carbocycles. The predicted molar refractivity (Wildman–Crippen MR) is 139 cm³/mol. The average Bonchev–Trinajstić information content (AvgIpc) is 3.23. The van der Waals surface area contributed by atoms with Crippen molar-refractivity contribution in [3.63, 3.8) is 0 Å². The molecule has 0 bridgehead atoms. The average molecular weight is 489 g/mol. The van der Waals surface area contributed by atoms with Gasteiger partial charge in [0.15, 0.2) is 5.82 Å². The molecule has 1 atom stereocenters. The van der Waals surface area contributed by atoms with E-state index < -0.39 is 0 Å². The van der Waals surface area contributed by atoms with Crippen LogP contribution < -0.4 is 10.2 Å². The molecule has 0 saturated carbocycles. The summed E-state index contributed by atoms with van der Waals surface area (Å²) >= 11 is 6.08. The number of carbonyl (C=O) groups excluding carboxylic acids is 1. The Morgan fingerprint density at radius 2 is 1.86 bits per heavy atom. The van der Waals surface area contributed by atoms with Gasteiger partial charge in [0.2, 0.25) is 5.91 Å². The lowest BCUT2D eigenvalue weighted by molar-refractivity contribution is -0.125. The smallest absolute Gasteiger partial charge is 0.224 e. The van der Waals surface area contributed by atoms with Crippen LogP contribution in [-0.4, -0.2) is 45.5 Å². The van der Waals surface area contributed by atoms with Crippen LogP contribution in [-0.2, 0) is 11.2 Å². The summed E-state index contributed by atoms with van der Waals surface area (Å²) in [6.07, 6.45) is 2.62. The van der Waals surface area contributed by atoms with Gasteiger partial charge in [-0.15, -0.1) is 5.10 Å². The summed E-state index contributed by atoms with van der Waals surface area (Å²) in [6.45, 7) is 6.07. The molecule has 5 rings (SSSR count). The first-order chi connectivity index (χ1) is 17.0. The van der Waals surface area contributed by atoms with E-state index in [1.165, 1.54) is 5.56 Å². The Labute approximate surface area is 210 Å². The van der Waals surface area contributed by atoms with E-state index in [1.54, 1.807) is 0 Å². The van der Waals surface area contributed by atoms with Crippen LogP contribution in [0, 0.1) is 19.8 Å². The summed E-state index contributed by atoms with van der Waals surface area (Å²) in [4.78, 5) is 15.1. The standard InChI is InChI=1S/C27H29ClN6O/c1-18-24-19(2)34(23-12-10-22(28)11-13-23)32-25(24)26(31-30-18)33-16-6-9-21(17-33)27(35)29-15-14-20-7-4-3-5-8-20/h3-5,7-8,10-13,21H,6,9,14-17H2,1-2H3,(H,29,35)/t21-/m1/s1. The Kier molecular flexibility index (Phi) is 6.68. The Morgan fingerprint density at radius 3 is 2.63 bits per heavy atom. The summed E-state index contributed by atoms with van der Waals surface area (Å²) in [5.41, 5.74) is 4.82. The monoisotopic (exact) mass is 488 g/mol. The van der Waals surface area contributed by atoms with Gasteiger partial charge in [0.05, 0.1) is 28.4 Å². The molecule has 1 aliphatic heterocycles. The number of aromatic nitrogens is 4. The Morgan fingerprint density at radius 1 is 1.09 bits per heavy atom. The molecule has 0 unspecified atom stereocenters. The molecule has 1 N–H and O–H groups in total. The Bertz CT molecular complexity index is 1340. The molecule has 1 saturated heterocycles. The maximum atomic E-state index is 12.9. The molecular weight excluding hydrogens is 460 g/mol. The van der Waals surface area contributed by atoms with Crippen molar-refractivity contribution in [2.75, 3.05) is 24.5 Å². The van der Waals surface area contributed by atoms with Crippen molar-refractivity contribution in [3.8, 4) is 5.69 Å². The fraction of sp³-hybridized carbons (Fsp3) is 0.333. The Balaban J connectivity index is 1.35. The van der Waals surface area contributed by atoms with E-state index in [9.17, 15) is 4.79 Å². The highest BCUT2D eigenvalue weighted by atomic mass is 35.5. The fourth-order valence-corrected chi connectivity index (χ4v) is 4.99. The second kappa shape index (κ2) is 10.0. The van der Waals surface area contributed by atoms with Gasteiger partial charge in [-0.05, 0) is 62.9 Å². The van der Waals surface area contributed by atoms with Crippen LogP contribution >= 0.6 is 11.6 Å². The summed E-state index contributed by atoms with van der Waals surface area (Å²) in [6, 6.07) is 17.8.